The molecule has 0 aliphatic heterocycles. The van der Waals surface area contributed by atoms with Gasteiger partial charge < -0.3 is 21.2 Å². The SMILES string of the molecule is Cc1ccccc1N(C(=O)c1snc(C(N)=O)c1N)[C@@H](C(=O)NC1CCCC1)c1ccco1. The number of hydrogen-bond donors (Lipinski definition) is 3. The van der Waals surface area contributed by atoms with E-state index in [1.54, 1.807) is 24.3 Å². The maximum Gasteiger partial charge on any atom is 0.273 e. The van der Waals surface area contributed by atoms with E-state index in [0.29, 0.717) is 11.4 Å². The third-order valence-corrected chi connectivity index (χ3v) is 6.62. The monoisotopic (exact) mass is 467 g/mol. The molecule has 3 amide bonds. The van der Waals surface area contributed by atoms with E-state index in [2.05, 4.69) is 9.69 Å². The number of benzene rings is 1. The van der Waals surface area contributed by atoms with Crippen molar-refractivity contribution in [3.8, 4) is 0 Å². The number of nitrogens with one attached hydrogen (secondary N) is 1. The average Bonchev–Trinajstić information content (AvgIpc) is 3.54. The number of carbonyl (C=O) groups excluding carboxylic acids is 3. The summed E-state index contributed by atoms with van der Waals surface area (Å²) in [5, 5.41) is 3.07. The molecule has 172 valence electrons. The predicted octanol–water partition coefficient (Wildman–Crippen LogP) is 3.17. The highest BCUT2D eigenvalue weighted by atomic mass is 32.1. The first-order valence-corrected chi connectivity index (χ1v) is 11.4. The van der Waals surface area contributed by atoms with Crippen LogP contribution in [0.4, 0.5) is 11.4 Å². The minimum Gasteiger partial charge on any atom is -0.467 e. The summed E-state index contributed by atoms with van der Waals surface area (Å²) < 4.78 is 9.57. The van der Waals surface area contributed by atoms with Gasteiger partial charge in [0, 0.05) is 11.7 Å². The molecule has 33 heavy (non-hydrogen) atoms. The fourth-order valence-corrected chi connectivity index (χ4v) is 4.85. The number of aromatic nitrogens is 1. The highest BCUT2D eigenvalue weighted by molar-refractivity contribution is 7.09. The summed E-state index contributed by atoms with van der Waals surface area (Å²) >= 11 is 0.771. The molecule has 9 nitrogen and oxygen atoms in total. The maximum atomic E-state index is 13.9. The van der Waals surface area contributed by atoms with Crippen LogP contribution in [0.5, 0.6) is 0 Å². The van der Waals surface area contributed by atoms with Crippen molar-refractivity contribution in [2.24, 2.45) is 5.73 Å². The molecule has 5 N–H and O–H groups in total. The van der Waals surface area contributed by atoms with Crippen LogP contribution in [0.2, 0.25) is 0 Å². The van der Waals surface area contributed by atoms with E-state index in [4.69, 9.17) is 15.9 Å². The van der Waals surface area contributed by atoms with Crippen molar-refractivity contribution in [1.82, 2.24) is 9.69 Å². The highest BCUT2D eigenvalue weighted by Crippen LogP contribution is 2.35. The van der Waals surface area contributed by atoms with Gasteiger partial charge in [0.25, 0.3) is 17.7 Å². The van der Waals surface area contributed by atoms with Crippen LogP contribution >= 0.6 is 11.5 Å². The van der Waals surface area contributed by atoms with Gasteiger partial charge in [-0.25, -0.2) is 0 Å². The molecule has 0 unspecified atom stereocenters. The first-order valence-electron chi connectivity index (χ1n) is 10.7. The van der Waals surface area contributed by atoms with E-state index in [0.717, 1.165) is 42.8 Å². The summed E-state index contributed by atoms with van der Waals surface area (Å²) in [6.45, 7) is 1.84. The van der Waals surface area contributed by atoms with Crippen LogP contribution in [0, 0.1) is 6.92 Å². The Bertz CT molecular complexity index is 1170. The number of primary amides is 1. The van der Waals surface area contributed by atoms with Gasteiger partial charge in [-0.15, -0.1) is 0 Å². The number of furan rings is 1. The number of anilines is 2. The molecule has 0 spiro atoms. The normalized spacial score (nSPS) is 14.7. The Kier molecular flexibility index (Phi) is 6.45. The Morgan fingerprint density at radius 3 is 2.52 bits per heavy atom. The van der Waals surface area contributed by atoms with Crippen LogP contribution in [0.25, 0.3) is 0 Å². The van der Waals surface area contributed by atoms with Crippen molar-refractivity contribution in [2.45, 2.75) is 44.7 Å². The Morgan fingerprint density at radius 2 is 1.91 bits per heavy atom. The van der Waals surface area contributed by atoms with Crippen LogP contribution in [0.3, 0.4) is 0 Å². The second kappa shape index (κ2) is 9.45. The van der Waals surface area contributed by atoms with Crippen molar-refractivity contribution < 1.29 is 18.8 Å². The summed E-state index contributed by atoms with van der Waals surface area (Å²) in [5.74, 6) is -1.45. The molecule has 2 aromatic heterocycles. The minimum atomic E-state index is -1.09. The van der Waals surface area contributed by atoms with Gasteiger partial charge in [-0.3, -0.25) is 19.3 Å². The molecule has 2 heterocycles. The molecular formula is C23H25N5O4S. The summed E-state index contributed by atoms with van der Waals surface area (Å²) in [6.07, 6.45) is 5.32. The van der Waals surface area contributed by atoms with E-state index in [-0.39, 0.29) is 28.2 Å². The predicted molar refractivity (Wildman–Crippen MR) is 125 cm³/mol. The van der Waals surface area contributed by atoms with Crippen molar-refractivity contribution in [3.05, 3.63) is 64.6 Å². The van der Waals surface area contributed by atoms with Gasteiger partial charge in [-0.1, -0.05) is 31.0 Å². The lowest BCUT2D eigenvalue weighted by Gasteiger charge is -2.31. The zero-order valence-corrected chi connectivity index (χ0v) is 18.9. The van der Waals surface area contributed by atoms with Crippen LogP contribution in [0.1, 0.15) is 63.2 Å². The van der Waals surface area contributed by atoms with Crippen molar-refractivity contribution in [1.29, 1.82) is 0 Å². The molecule has 0 bridgehead atoms. The second-order valence-corrected chi connectivity index (χ2v) is 8.78. The molecule has 1 atom stereocenters. The molecule has 1 aliphatic carbocycles. The number of nitrogen functional groups attached to an aromatic ring is 1. The third kappa shape index (κ3) is 4.47. The van der Waals surface area contributed by atoms with Crippen LogP contribution in [-0.2, 0) is 4.79 Å². The Morgan fingerprint density at radius 1 is 1.18 bits per heavy atom. The molecule has 0 radical (unpaired) electrons. The fourth-order valence-electron chi connectivity index (χ4n) is 4.11. The highest BCUT2D eigenvalue weighted by Gasteiger charge is 2.39. The number of aryl methyl sites for hydroxylation is 1. The second-order valence-electron chi connectivity index (χ2n) is 8.01. The Hall–Kier alpha value is -3.66. The lowest BCUT2D eigenvalue weighted by atomic mass is 10.1. The summed E-state index contributed by atoms with van der Waals surface area (Å²) in [4.78, 5) is 40.5. The summed E-state index contributed by atoms with van der Waals surface area (Å²) in [6, 6.07) is 9.48. The number of hydrogen-bond acceptors (Lipinski definition) is 7. The lowest BCUT2D eigenvalue weighted by molar-refractivity contribution is -0.123. The van der Waals surface area contributed by atoms with Gasteiger partial charge in [0.2, 0.25) is 0 Å². The van der Waals surface area contributed by atoms with E-state index in [9.17, 15) is 14.4 Å². The molecule has 4 rings (SSSR count). The first kappa shape index (κ1) is 22.5. The van der Waals surface area contributed by atoms with E-state index < -0.39 is 17.9 Å². The summed E-state index contributed by atoms with van der Waals surface area (Å²) in [7, 11) is 0. The van der Waals surface area contributed by atoms with Gasteiger partial charge in [0.15, 0.2) is 11.7 Å². The number of para-hydroxylation sites is 1. The Labute approximate surface area is 194 Å². The zero-order chi connectivity index (χ0) is 23.5. The molecule has 1 fully saturated rings. The van der Waals surface area contributed by atoms with Crippen LogP contribution in [-0.4, -0.2) is 28.1 Å². The van der Waals surface area contributed by atoms with Gasteiger partial charge in [-0.05, 0) is 55.1 Å². The van der Waals surface area contributed by atoms with Crippen LogP contribution < -0.4 is 21.7 Å². The number of nitrogens with zero attached hydrogens (tertiary/aromatic N) is 2. The topological polar surface area (TPSA) is 145 Å². The summed E-state index contributed by atoms with van der Waals surface area (Å²) in [5.41, 5.74) is 12.4. The smallest absolute Gasteiger partial charge is 0.273 e. The molecular weight excluding hydrogens is 442 g/mol. The van der Waals surface area contributed by atoms with E-state index >= 15 is 0 Å². The standard InChI is InChI=1S/C23H25N5O4S/c1-13-7-2-5-10-15(13)28(23(31)20-17(24)18(21(25)29)27-33-20)19(16-11-6-12-32-16)22(30)26-14-8-3-4-9-14/h2,5-7,10-12,14,19H,3-4,8-9,24H2,1H3,(H2,25,29)(H,26,30)/t19-/m1/s1. The van der Waals surface area contributed by atoms with Gasteiger partial charge >= 0.3 is 0 Å². The quantitative estimate of drug-likeness (QED) is 0.487. The van der Waals surface area contributed by atoms with Crippen molar-refractivity contribution in [3.63, 3.8) is 0 Å². The molecule has 1 aliphatic rings. The first-order chi connectivity index (χ1) is 15.9. The molecule has 1 saturated carbocycles. The molecule has 1 aromatic carbocycles. The van der Waals surface area contributed by atoms with Crippen LogP contribution in [0.15, 0.2) is 47.1 Å². The van der Waals surface area contributed by atoms with Gasteiger partial charge in [-0.2, -0.15) is 4.37 Å². The van der Waals surface area contributed by atoms with Crippen molar-refractivity contribution in [2.75, 3.05) is 10.6 Å². The van der Waals surface area contributed by atoms with E-state index in [1.165, 1.54) is 11.2 Å². The number of nitrogens with two attached hydrogens (primary N) is 2. The van der Waals surface area contributed by atoms with Crippen molar-refractivity contribution >= 4 is 40.6 Å². The largest absolute Gasteiger partial charge is 0.467 e. The van der Waals surface area contributed by atoms with Gasteiger partial charge in [0.1, 0.15) is 10.6 Å². The number of carbonyl (C=O) groups is 3. The molecule has 0 saturated heterocycles. The number of rotatable bonds is 7. The Balaban J connectivity index is 1.83. The average molecular weight is 468 g/mol. The zero-order valence-electron chi connectivity index (χ0n) is 18.1. The molecule has 10 heteroatoms. The molecule has 3 aromatic rings. The third-order valence-electron chi connectivity index (χ3n) is 5.77. The lowest BCUT2D eigenvalue weighted by Crippen LogP contribution is -2.46. The van der Waals surface area contributed by atoms with Gasteiger partial charge in [0.05, 0.1) is 12.0 Å². The number of amides is 3. The van der Waals surface area contributed by atoms with E-state index in [1.807, 2.05) is 19.1 Å². The fraction of sp³-hybridized carbons (Fsp3) is 0.304. The maximum absolute atomic E-state index is 13.9. The minimum absolute atomic E-state index is 0.0253.